The van der Waals surface area contributed by atoms with Crippen LogP contribution >= 0.6 is 27.3 Å². The van der Waals surface area contributed by atoms with Crippen molar-refractivity contribution < 1.29 is 9.90 Å². The van der Waals surface area contributed by atoms with E-state index in [1.54, 1.807) is 14.0 Å². The van der Waals surface area contributed by atoms with Gasteiger partial charge in [0.15, 0.2) is 0 Å². The molecule has 0 fully saturated rings. The minimum absolute atomic E-state index is 0.786. The van der Waals surface area contributed by atoms with E-state index in [2.05, 4.69) is 21.2 Å². The first kappa shape index (κ1) is 10.7. The van der Waals surface area contributed by atoms with Crippen LogP contribution in [0.4, 0.5) is 0 Å². The summed E-state index contributed by atoms with van der Waals surface area (Å²) in [5.41, 5.74) is -0.989. The fraction of sp³-hybridized carbons (Fsp3) is 0.375. The van der Waals surface area contributed by atoms with Crippen molar-refractivity contribution in [1.82, 2.24) is 5.32 Å². The normalized spacial score (nSPS) is 15.3. The first-order valence-corrected chi connectivity index (χ1v) is 5.35. The lowest BCUT2D eigenvalue weighted by atomic mass is 10.0. The molecule has 72 valence electrons. The second-order valence-electron chi connectivity index (χ2n) is 2.81. The van der Waals surface area contributed by atoms with Gasteiger partial charge in [-0.3, -0.25) is 0 Å². The Hall–Kier alpha value is -0.390. The average Bonchev–Trinajstić information content (AvgIpc) is 2.50. The van der Waals surface area contributed by atoms with E-state index >= 15 is 0 Å². The van der Waals surface area contributed by atoms with E-state index in [1.165, 1.54) is 11.3 Å². The molecule has 1 rings (SSSR count). The number of carbonyl (C=O) groups is 1. The van der Waals surface area contributed by atoms with Crippen molar-refractivity contribution in [3.05, 3.63) is 20.8 Å². The monoisotopic (exact) mass is 263 g/mol. The molecule has 0 saturated carbocycles. The zero-order valence-corrected chi connectivity index (χ0v) is 9.70. The molecule has 0 radical (unpaired) electrons. The minimum Gasteiger partial charge on any atom is -0.480 e. The van der Waals surface area contributed by atoms with Gasteiger partial charge in [0.05, 0.1) is 0 Å². The number of hydrogen-bond donors (Lipinski definition) is 2. The molecule has 0 amide bonds. The Labute approximate surface area is 88.9 Å². The van der Waals surface area contributed by atoms with Crippen LogP contribution in [0.3, 0.4) is 0 Å². The second kappa shape index (κ2) is 3.77. The molecule has 1 aromatic heterocycles. The van der Waals surface area contributed by atoms with Crippen LogP contribution in [0.15, 0.2) is 15.9 Å². The molecule has 0 aromatic carbocycles. The Kier molecular flexibility index (Phi) is 3.10. The van der Waals surface area contributed by atoms with Crippen molar-refractivity contribution in [2.75, 3.05) is 7.05 Å². The van der Waals surface area contributed by atoms with E-state index in [9.17, 15) is 4.79 Å². The third kappa shape index (κ3) is 1.92. The molecule has 0 spiro atoms. The van der Waals surface area contributed by atoms with E-state index in [-0.39, 0.29) is 0 Å². The molecular formula is C8H10BrNO2S. The van der Waals surface area contributed by atoms with Gasteiger partial charge in [-0.2, -0.15) is 0 Å². The number of rotatable bonds is 3. The van der Waals surface area contributed by atoms with Crippen molar-refractivity contribution in [1.29, 1.82) is 0 Å². The molecule has 1 heterocycles. The summed E-state index contributed by atoms with van der Waals surface area (Å²) >= 11 is 4.71. The summed E-state index contributed by atoms with van der Waals surface area (Å²) in [5.74, 6) is -0.871. The van der Waals surface area contributed by atoms with Gasteiger partial charge in [0.2, 0.25) is 0 Å². The molecule has 1 aromatic rings. The molecule has 5 heteroatoms. The van der Waals surface area contributed by atoms with Crippen LogP contribution < -0.4 is 5.32 Å². The summed E-state index contributed by atoms with van der Waals surface area (Å²) in [7, 11) is 1.64. The van der Waals surface area contributed by atoms with Gasteiger partial charge in [-0.15, -0.1) is 11.3 Å². The number of nitrogens with one attached hydrogen (secondary N) is 1. The fourth-order valence-electron chi connectivity index (χ4n) is 0.911. The van der Waals surface area contributed by atoms with Crippen LogP contribution in [0.5, 0.6) is 0 Å². The summed E-state index contributed by atoms with van der Waals surface area (Å²) in [6.07, 6.45) is 0. The first-order chi connectivity index (χ1) is 6.00. The number of carboxylic acid groups (broad SMARTS) is 1. The molecule has 0 bridgehead atoms. The van der Waals surface area contributed by atoms with Crippen LogP contribution in [0, 0.1) is 0 Å². The number of thiophene rings is 1. The first-order valence-electron chi connectivity index (χ1n) is 3.67. The zero-order valence-electron chi connectivity index (χ0n) is 7.30. The Bertz CT molecular complexity index is 326. The predicted molar refractivity (Wildman–Crippen MR) is 56.1 cm³/mol. The average molecular weight is 264 g/mol. The van der Waals surface area contributed by atoms with Crippen molar-refractivity contribution in [2.24, 2.45) is 0 Å². The number of likely N-dealkylation sites (N-methyl/N-ethyl adjacent to an activating group) is 1. The maximum atomic E-state index is 11.0. The SMILES string of the molecule is CNC(C)(C(=O)O)c1cc(Br)cs1. The third-order valence-electron chi connectivity index (χ3n) is 1.99. The Morgan fingerprint density at radius 2 is 2.38 bits per heavy atom. The molecular weight excluding hydrogens is 254 g/mol. The Balaban J connectivity index is 3.09. The standard InChI is InChI=1S/C8H10BrNO2S/c1-8(10-2,7(11)12)6-3-5(9)4-13-6/h3-4,10H,1-2H3,(H,11,12). The Morgan fingerprint density at radius 1 is 1.77 bits per heavy atom. The summed E-state index contributed by atoms with van der Waals surface area (Å²) in [4.78, 5) is 11.8. The number of aliphatic carboxylic acids is 1. The summed E-state index contributed by atoms with van der Waals surface area (Å²) in [6, 6.07) is 1.81. The van der Waals surface area contributed by atoms with Crippen molar-refractivity contribution >= 4 is 33.2 Å². The van der Waals surface area contributed by atoms with Gasteiger partial charge in [0.25, 0.3) is 0 Å². The summed E-state index contributed by atoms with van der Waals surface area (Å²) in [5, 5.41) is 13.7. The van der Waals surface area contributed by atoms with E-state index in [0.717, 1.165) is 9.35 Å². The van der Waals surface area contributed by atoms with Gasteiger partial charge in [0, 0.05) is 14.7 Å². The number of halogens is 1. The van der Waals surface area contributed by atoms with Gasteiger partial charge in [-0.25, -0.2) is 4.79 Å². The van der Waals surface area contributed by atoms with Crippen LogP contribution in [0.25, 0.3) is 0 Å². The fourth-order valence-corrected chi connectivity index (χ4v) is 2.50. The molecule has 0 aliphatic rings. The van der Waals surface area contributed by atoms with Gasteiger partial charge < -0.3 is 10.4 Å². The van der Waals surface area contributed by atoms with Crippen LogP contribution in [-0.4, -0.2) is 18.1 Å². The molecule has 1 unspecified atom stereocenters. The number of carboxylic acids is 1. The largest absolute Gasteiger partial charge is 0.480 e. The lowest BCUT2D eigenvalue weighted by Gasteiger charge is -2.22. The highest BCUT2D eigenvalue weighted by molar-refractivity contribution is 9.10. The van der Waals surface area contributed by atoms with E-state index in [0.29, 0.717) is 0 Å². The summed E-state index contributed by atoms with van der Waals surface area (Å²) < 4.78 is 0.912. The maximum Gasteiger partial charge on any atom is 0.329 e. The molecule has 0 aliphatic heterocycles. The zero-order chi connectivity index (χ0) is 10.1. The smallest absolute Gasteiger partial charge is 0.329 e. The maximum absolute atomic E-state index is 11.0. The minimum atomic E-state index is -0.989. The molecule has 13 heavy (non-hydrogen) atoms. The van der Waals surface area contributed by atoms with E-state index in [1.807, 2.05) is 11.4 Å². The van der Waals surface area contributed by atoms with Crippen molar-refractivity contribution in [2.45, 2.75) is 12.5 Å². The van der Waals surface area contributed by atoms with Gasteiger partial charge in [-0.1, -0.05) is 0 Å². The van der Waals surface area contributed by atoms with Crippen molar-refractivity contribution in [3.63, 3.8) is 0 Å². The summed E-state index contributed by atoms with van der Waals surface area (Å²) in [6.45, 7) is 1.65. The lowest BCUT2D eigenvalue weighted by Crippen LogP contribution is -2.43. The van der Waals surface area contributed by atoms with Crippen LogP contribution in [0.2, 0.25) is 0 Å². The molecule has 1 atom stereocenters. The van der Waals surface area contributed by atoms with E-state index in [4.69, 9.17) is 5.11 Å². The highest BCUT2D eigenvalue weighted by Gasteiger charge is 2.34. The molecule has 2 N–H and O–H groups in total. The van der Waals surface area contributed by atoms with Crippen molar-refractivity contribution in [3.8, 4) is 0 Å². The topological polar surface area (TPSA) is 49.3 Å². The highest BCUT2D eigenvalue weighted by atomic mass is 79.9. The molecule has 0 saturated heterocycles. The second-order valence-corrected chi connectivity index (χ2v) is 4.64. The van der Waals surface area contributed by atoms with E-state index < -0.39 is 11.5 Å². The highest BCUT2D eigenvalue weighted by Crippen LogP contribution is 2.29. The van der Waals surface area contributed by atoms with Gasteiger partial charge in [0.1, 0.15) is 5.54 Å². The Morgan fingerprint density at radius 3 is 2.69 bits per heavy atom. The van der Waals surface area contributed by atoms with Crippen LogP contribution in [0.1, 0.15) is 11.8 Å². The molecule has 3 nitrogen and oxygen atoms in total. The number of hydrogen-bond acceptors (Lipinski definition) is 3. The lowest BCUT2D eigenvalue weighted by molar-refractivity contribution is -0.144. The van der Waals surface area contributed by atoms with Gasteiger partial charge in [-0.05, 0) is 36.0 Å². The quantitative estimate of drug-likeness (QED) is 0.878. The van der Waals surface area contributed by atoms with Crippen LogP contribution in [-0.2, 0) is 10.3 Å². The predicted octanol–water partition coefficient (Wildman–Crippen LogP) is 2.03. The van der Waals surface area contributed by atoms with Gasteiger partial charge >= 0.3 is 5.97 Å². The molecule has 0 aliphatic carbocycles. The third-order valence-corrected chi connectivity index (χ3v) is 3.90.